The maximum absolute atomic E-state index is 11.4. The molecule has 9 heteroatoms. The largest absolute Gasteiger partial charge is 0.477 e. The van der Waals surface area contributed by atoms with E-state index in [9.17, 15) is 25.2 Å². The number of rotatable bonds is 9. The number of aromatic carboxylic acids is 1. The Kier molecular flexibility index (Phi) is 7.15. The summed E-state index contributed by atoms with van der Waals surface area (Å²) in [5.41, 5.74) is 8.00. The van der Waals surface area contributed by atoms with Gasteiger partial charge in [-0.15, -0.1) is 0 Å². The number of halogens is 1. The van der Waals surface area contributed by atoms with Crippen molar-refractivity contribution in [1.29, 1.82) is 0 Å². The Labute approximate surface area is 155 Å². The second kappa shape index (κ2) is 9.13. The van der Waals surface area contributed by atoms with E-state index in [4.69, 9.17) is 17.3 Å². The van der Waals surface area contributed by atoms with Crippen LogP contribution >= 0.6 is 11.6 Å². The van der Waals surface area contributed by atoms with Gasteiger partial charge in [-0.3, -0.25) is 0 Å². The maximum atomic E-state index is 11.4. The average molecular weight is 384 g/mol. The first-order chi connectivity index (χ1) is 12.5. The molecule has 0 spiro atoms. The lowest BCUT2D eigenvalue weighted by atomic mass is 9.92. The molecule has 0 amide bonds. The lowest BCUT2D eigenvalue weighted by Gasteiger charge is -2.16. The molecule has 1 heterocycles. The van der Waals surface area contributed by atoms with E-state index in [-0.39, 0.29) is 23.9 Å². The molecule has 0 radical (unpaired) electrons. The van der Waals surface area contributed by atoms with Gasteiger partial charge in [0.2, 0.25) is 0 Å². The highest BCUT2D eigenvalue weighted by molar-refractivity contribution is 6.36. The van der Waals surface area contributed by atoms with Crippen molar-refractivity contribution in [2.75, 3.05) is 13.1 Å². The number of H-pyrrole nitrogens is 1. The molecule has 2 rings (SSSR count). The maximum Gasteiger partial charge on any atom is 0.353 e. The van der Waals surface area contributed by atoms with Gasteiger partial charge in [-0.1, -0.05) is 23.7 Å². The first kappa shape index (κ1) is 20.4. The third-order valence-electron chi connectivity index (χ3n) is 4.14. The number of aliphatic hydroxyl groups excluding tert-OH is 3. The van der Waals surface area contributed by atoms with Crippen LogP contribution in [0.15, 0.2) is 12.1 Å². The minimum atomic E-state index is -1.21. The van der Waals surface area contributed by atoms with Crippen LogP contribution in [0.1, 0.15) is 32.9 Å². The van der Waals surface area contributed by atoms with Crippen molar-refractivity contribution >= 4 is 17.6 Å². The summed E-state index contributed by atoms with van der Waals surface area (Å²) in [6.07, 6.45) is 0. The predicted molar refractivity (Wildman–Crippen MR) is 96.7 cm³/mol. The van der Waals surface area contributed by atoms with Gasteiger partial charge in [-0.25, -0.2) is 4.79 Å². The van der Waals surface area contributed by atoms with E-state index in [0.717, 1.165) is 0 Å². The standard InChI is InChI=1S/C17H22ClN3O5/c18-15-14(13(5-20-4-3-19)21-16(15)17(25)26)10-2-1-9(6-22)11(7-23)12(10)8-24/h1-2,20-24H,3-8,19H2,(H,25,26). The van der Waals surface area contributed by atoms with Gasteiger partial charge in [-0.2, -0.15) is 0 Å². The molecule has 142 valence electrons. The van der Waals surface area contributed by atoms with Crippen molar-refractivity contribution in [3.05, 3.63) is 45.2 Å². The molecule has 0 saturated heterocycles. The first-order valence-electron chi connectivity index (χ1n) is 8.01. The minimum Gasteiger partial charge on any atom is -0.477 e. The zero-order valence-electron chi connectivity index (χ0n) is 14.0. The van der Waals surface area contributed by atoms with Crippen LogP contribution in [0.25, 0.3) is 11.1 Å². The number of nitrogens with one attached hydrogen (secondary N) is 2. The molecule has 0 aliphatic carbocycles. The zero-order valence-corrected chi connectivity index (χ0v) is 14.8. The van der Waals surface area contributed by atoms with E-state index in [0.29, 0.717) is 53.1 Å². The zero-order chi connectivity index (χ0) is 19.3. The molecular formula is C17H22ClN3O5. The molecule has 1 aromatic heterocycles. The van der Waals surface area contributed by atoms with Crippen LogP contribution < -0.4 is 11.1 Å². The molecule has 0 aliphatic rings. The average Bonchev–Trinajstić information content (AvgIpc) is 2.96. The first-order valence-corrected chi connectivity index (χ1v) is 8.38. The summed E-state index contributed by atoms with van der Waals surface area (Å²) in [6.45, 7) is 0.150. The second-order valence-electron chi connectivity index (χ2n) is 5.64. The molecule has 1 aromatic carbocycles. The molecule has 0 bridgehead atoms. The van der Waals surface area contributed by atoms with E-state index >= 15 is 0 Å². The number of aromatic amines is 1. The minimum absolute atomic E-state index is 0.0115. The number of hydrogen-bond acceptors (Lipinski definition) is 6. The fraction of sp³-hybridized carbons (Fsp3) is 0.353. The third kappa shape index (κ3) is 3.90. The number of nitrogens with two attached hydrogens (primary N) is 1. The molecule has 8 nitrogen and oxygen atoms in total. The summed E-state index contributed by atoms with van der Waals surface area (Å²) in [5, 5.41) is 41.4. The summed E-state index contributed by atoms with van der Waals surface area (Å²) in [7, 11) is 0. The van der Waals surface area contributed by atoms with Crippen molar-refractivity contribution in [2.24, 2.45) is 5.73 Å². The van der Waals surface area contributed by atoms with Crippen LogP contribution in [0.5, 0.6) is 0 Å². The molecule has 0 atom stereocenters. The van der Waals surface area contributed by atoms with Crippen molar-refractivity contribution in [2.45, 2.75) is 26.4 Å². The van der Waals surface area contributed by atoms with Gasteiger partial charge in [0.25, 0.3) is 0 Å². The Morgan fingerprint density at radius 2 is 1.85 bits per heavy atom. The van der Waals surface area contributed by atoms with Crippen LogP contribution in [0.3, 0.4) is 0 Å². The number of hydrogen-bond donors (Lipinski definition) is 7. The summed E-state index contributed by atoms with van der Waals surface area (Å²) >= 11 is 6.31. The normalized spacial score (nSPS) is 11.1. The van der Waals surface area contributed by atoms with E-state index < -0.39 is 12.6 Å². The molecule has 0 unspecified atom stereocenters. The summed E-state index contributed by atoms with van der Waals surface area (Å²) in [6, 6.07) is 3.25. The number of carboxylic acids is 1. The van der Waals surface area contributed by atoms with Gasteiger partial charge in [0, 0.05) is 30.9 Å². The fourth-order valence-electron chi connectivity index (χ4n) is 2.90. The molecule has 0 aliphatic heterocycles. The Morgan fingerprint density at radius 3 is 2.38 bits per heavy atom. The molecule has 26 heavy (non-hydrogen) atoms. The van der Waals surface area contributed by atoms with Crippen LogP contribution in [0.4, 0.5) is 0 Å². The number of benzene rings is 1. The van der Waals surface area contributed by atoms with E-state index in [1.807, 2.05) is 0 Å². The lowest BCUT2D eigenvalue weighted by molar-refractivity contribution is 0.0691. The van der Waals surface area contributed by atoms with E-state index in [1.165, 1.54) is 0 Å². The van der Waals surface area contributed by atoms with Crippen molar-refractivity contribution in [3.63, 3.8) is 0 Å². The monoisotopic (exact) mass is 383 g/mol. The number of aromatic nitrogens is 1. The SMILES string of the molecule is NCCNCc1[nH]c(C(=O)O)c(Cl)c1-c1ccc(CO)c(CO)c1CO. The fourth-order valence-corrected chi connectivity index (χ4v) is 3.25. The van der Waals surface area contributed by atoms with Gasteiger partial charge in [0.05, 0.1) is 24.8 Å². The van der Waals surface area contributed by atoms with Crippen molar-refractivity contribution < 1.29 is 25.2 Å². The summed E-state index contributed by atoms with van der Waals surface area (Å²) in [4.78, 5) is 14.2. The number of carbonyl (C=O) groups is 1. The topological polar surface area (TPSA) is 152 Å². The predicted octanol–water partition coefficient (Wildman–Crippen LogP) is 0.558. The van der Waals surface area contributed by atoms with Crippen LogP contribution in [0.2, 0.25) is 5.02 Å². The Hall–Kier alpha value is -1.94. The molecule has 0 fully saturated rings. The Balaban J connectivity index is 2.68. The Morgan fingerprint density at radius 1 is 1.15 bits per heavy atom. The molecule has 2 aromatic rings. The van der Waals surface area contributed by atoms with Crippen molar-refractivity contribution in [1.82, 2.24) is 10.3 Å². The van der Waals surface area contributed by atoms with Crippen LogP contribution in [-0.2, 0) is 26.4 Å². The van der Waals surface area contributed by atoms with E-state index in [1.54, 1.807) is 12.1 Å². The smallest absolute Gasteiger partial charge is 0.353 e. The Bertz CT molecular complexity index is 791. The quantitative estimate of drug-likeness (QED) is 0.312. The van der Waals surface area contributed by atoms with Crippen LogP contribution in [0, 0.1) is 0 Å². The second-order valence-corrected chi connectivity index (χ2v) is 6.02. The van der Waals surface area contributed by atoms with Gasteiger partial charge in [-0.05, 0) is 22.3 Å². The molecule has 0 saturated carbocycles. The highest BCUT2D eigenvalue weighted by Crippen LogP contribution is 2.38. The van der Waals surface area contributed by atoms with Gasteiger partial charge >= 0.3 is 5.97 Å². The number of aliphatic hydroxyl groups is 3. The summed E-state index contributed by atoms with van der Waals surface area (Å²) < 4.78 is 0. The third-order valence-corrected chi connectivity index (χ3v) is 4.52. The molecular weight excluding hydrogens is 362 g/mol. The highest BCUT2D eigenvalue weighted by Gasteiger charge is 2.24. The number of carboxylic acid groups (broad SMARTS) is 1. The van der Waals surface area contributed by atoms with Crippen molar-refractivity contribution in [3.8, 4) is 11.1 Å². The van der Waals surface area contributed by atoms with Gasteiger partial charge in [0.15, 0.2) is 0 Å². The lowest BCUT2D eigenvalue weighted by Crippen LogP contribution is -2.22. The van der Waals surface area contributed by atoms with Gasteiger partial charge < -0.3 is 36.5 Å². The van der Waals surface area contributed by atoms with Crippen LogP contribution in [-0.4, -0.2) is 44.5 Å². The molecule has 8 N–H and O–H groups in total. The van der Waals surface area contributed by atoms with Gasteiger partial charge in [0.1, 0.15) is 5.69 Å². The highest BCUT2D eigenvalue weighted by atomic mass is 35.5. The van der Waals surface area contributed by atoms with E-state index in [2.05, 4.69) is 10.3 Å². The summed E-state index contributed by atoms with van der Waals surface area (Å²) in [5.74, 6) is -1.21.